The Morgan fingerprint density at radius 2 is 1.90 bits per heavy atom. The van der Waals surface area contributed by atoms with Crippen molar-refractivity contribution in [3.63, 3.8) is 0 Å². The molecule has 0 aromatic heterocycles. The van der Waals surface area contributed by atoms with Gasteiger partial charge in [-0.25, -0.2) is 4.79 Å². The predicted molar refractivity (Wildman–Crippen MR) is 69.1 cm³/mol. The molecule has 0 amide bonds. The molecule has 0 heterocycles. The lowest BCUT2D eigenvalue weighted by atomic mass is 10.1. The number of para-hydroxylation sites is 1. The predicted octanol–water partition coefficient (Wildman–Crippen LogP) is 2.68. The SMILES string of the molecule is C=C(C)C(=O)OC(C)c1cccc([N+](=O)[O-])c1[N+](=O)[O-]. The number of carbonyl (C=O) groups is 1. The summed E-state index contributed by atoms with van der Waals surface area (Å²) in [6.07, 6.45) is -1.00. The van der Waals surface area contributed by atoms with Crippen LogP contribution in [0.4, 0.5) is 11.4 Å². The third kappa shape index (κ3) is 3.16. The molecule has 1 unspecified atom stereocenters. The van der Waals surface area contributed by atoms with Gasteiger partial charge >= 0.3 is 17.3 Å². The van der Waals surface area contributed by atoms with Crippen molar-refractivity contribution in [2.75, 3.05) is 0 Å². The van der Waals surface area contributed by atoms with Crippen LogP contribution in [0.1, 0.15) is 25.5 Å². The molecule has 1 rings (SSSR count). The van der Waals surface area contributed by atoms with Crippen molar-refractivity contribution in [3.05, 3.63) is 56.1 Å². The van der Waals surface area contributed by atoms with Gasteiger partial charge < -0.3 is 4.74 Å². The van der Waals surface area contributed by atoms with Crippen molar-refractivity contribution in [2.24, 2.45) is 0 Å². The lowest BCUT2D eigenvalue weighted by Gasteiger charge is -2.13. The molecule has 0 aliphatic rings. The number of ether oxygens (including phenoxy) is 1. The summed E-state index contributed by atoms with van der Waals surface area (Å²) >= 11 is 0. The molecule has 0 fully saturated rings. The van der Waals surface area contributed by atoms with Crippen LogP contribution in [0.2, 0.25) is 0 Å². The van der Waals surface area contributed by atoms with Gasteiger partial charge in [-0.2, -0.15) is 0 Å². The van der Waals surface area contributed by atoms with Crippen LogP contribution in [-0.2, 0) is 9.53 Å². The highest BCUT2D eigenvalue weighted by Crippen LogP contribution is 2.35. The van der Waals surface area contributed by atoms with Crippen LogP contribution in [-0.4, -0.2) is 15.8 Å². The number of esters is 1. The van der Waals surface area contributed by atoms with Gasteiger partial charge in [0.25, 0.3) is 0 Å². The molecule has 0 radical (unpaired) electrons. The minimum Gasteiger partial charge on any atom is -0.454 e. The number of nitrogens with zero attached hydrogens (tertiary/aromatic N) is 2. The normalized spacial score (nSPS) is 11.5. The smallest absolute Gasteiger partial charge is 0.352 e. The number of nitro benzene ring substituents is 2. The Morgan fingerprint density at radius 1 is 1.30 bits per heavy atom. The zero-order valence-electron chi connectivity index (χ0n) is 10.9. The quantitative estimate of drug-likeness (QED) is 0.354. The van der Waals surface area contributed by atoms with Crippen molar-refractivity contribution in [1.29, 1.82) is 0 Å². The van der Waals surface area contributed by atoms with Gasteiger partial charge in [0.2, 0.25) is 0 Å². The first-order chi connectivity index (χ1) is 9.25. The lowest BCUT2D eigenvalue weighted by Crippen LogP contribution is -2.11. The second-order valence-corrected chi connectivity index (χ2v) is 4.06. The number of benzene rings is 1. The van der Waals surface area contributed by atoms with E-state index in [0.29, 0.717) is 0 Å². The van der Waals surface area contributed by atoms with E-state index in [1.54, 1.807) is 0 Å². The maximum Gasteiger partial charge on any atom is 0.352 e. The fourth-order valence-corrected chi connectivity index (χ4v) is 1.55. The average molecular weight is 280 g/mol. The molecule has 0 saturated carbocycles. The molecule has 0 saturated heterocycles. The summed E-state index contributed by atoms with van der Waals surface area (Å²) < 4.78 is 4.96. The van der Waals surface area contributed by atoms with E-state index >= 15 is 0 Å². The van der Waals surface area contributed by atoms with Gasteiger partial charge in [-0.15, -0.1) is 0 Å². The first kappa shape index (κ1) is 15.3. The van der Waals surface area contributed by atoms with Crippen molar-refractivity contribution >= 4 is 17.3 Å². The standard InChI is InChI=1S/C12H12N2O6/c1-7(2)12(15)20-8(3)9-5-4-6-10(13(16)17)11(9)14(18)19/h4-6,8H,1H2,2-3H3. The minimum atomic E-state index is -1.00. The summed E-state index contributed by atoms with van der Waals surface area (Å²) in [5.74, 6) is -0.724. The highest BCUT2D eigenvalue weighted by atomic mass is 16.6. The van der Waals surface area contributed by atoms with Gasteiger partial charge in [-0.3, -0.25) is 20.2 Å². The van der Waals surface area contributed by atoms with E-state index in [9.17, 15) is 25.0 Å². The zero-order chi connectivity index (χ0) is 15.4. The molecule has 0 aliphatic carbocycles. The zero-order valence-corrected chi connectivity index (χ0v) is 10.9. The van der Waals surface area contributed by atoms with Crippen molar-refractivity contribution in [3.8, 4) is 0 Å². The van der Waals surface area contributed by atoms with Crippen LogP contribution in [0, 0.1) is 20.2 Å². The molecule has 8 heteroatoms. The Kier molecular flexibility index (Phi) is 4.52. The highest BCUT2D eigenvalue weighted by molar-refractivity contribution is 5.87. The van der Waals surface area contributed by atoms with E-state index in [1.807, 2.05) is 0 Å². The summed E-state index contributed by atoms with van der Waals surface area (Å²) in [6.45, 7) is 6.21. The summed E-state index contributed by atoms with van der Waals surface area (Å²) in [5.41, 5.74) is -1.24. The second kappa shape index (κ2) is 5.91. The molecule has 1 atom stereocenters. The first-order valence-corrected chi connectivity index (χ1v) is 5.54. The van der Waals surface area contributed by atoms with Crippen LogP contribution in [0.3, 0.4) is 0 Å². The molecule has 0 bridgehead atoms. The molecule has 1 aromatic carbocycles. The summed E-state index contributed by atoms with van der Waals surface area (Å²) in [5, 5.41) is 21.8. The van der Waals surface area contributed by atoms with E-state index in [1.165, 1.54) is 26.0 Å². The lowest BCUT2D eigenvalue weighted by molar-refractivity contribution is -0.423. The van der Waals surface area contributed by atoms with Crippen LogP contribution in [0.15, 0.2) is 30.4 Å². The van der Waals surface area contributed by atoms with Gasteiger partial charge in [0.15, 0.2) is 0 Å². The number of hydrogen-bond acceptors (Lipinski definition) is 6. The van der Waals surface area contributed by atoms with Crippen LogP contribution >= 0.6 is 0 Å². The maximum absolute atomic E-state index is 11.4. The fraction of sp³-hybridized carbons (Fsp3) is 0.250. The molecule has 106 valence electrons. The first-order valence-electron chi connectivity index (χ1n) is 5.54. The summed E-state index contributed by atoms with van der Waals surface area (Å²) in [4.78, 5) is 31.5. The summed E-state index contributed by atoms with van der Waals surface area (Å²) in [6, 6.07) is 3.63. The van der Waals surface area contributed by atoms with Crippen molar-refractivity contribution in [2.45, 2.75) is 20.0 Å². The monoisotopic (exact) mass is 280 g/mol. The third-order valence-corrected chi connectivity index (χ3v) is 2.50. The third-order valence-electron chi connectivity index (χ3n) is 2.50. The Balaban J connectivity index is 3.27. The molecule has 8 nitrogen and oxygen atoms in total. The molecular formula is C12H12N2O6. The molecule has 0 spiro atoms. The summed E-state index contributed by atoms with van der Waals surface area (Å²) in [7, 11) is 0. The Labute approximate surface area is 114 Å². The number of rotatable bonds is 5. The Bertz CT molecular complexity index is 596. The average Bonchev–Trinajstić information content (AvgIpc) is 2.37. The fourth-order valence-electron chi connectivity index (χ4n) is 1.55. The minimum absolute atomic E-state index is 0.0428. The van der Waals surface area contributed by atoms with Gasteiger partial charge in [-0.05, 0) is 19.9 Å². The van der Waals surface area contributed by atoms with Gasteiger partial charge in [0, 0.05) is 11.6 Å². The van der Waals surface area contributed by atoms with Crippen LogP contribution < -0.4 is 0 Å². The number of nitro groups is 2. The van der Waals surface area contributed by atoms with Gasteiger partial charge in [0.1, 0.15) is 6.10 Å². The Hall–Kier alpha value is -2.77. The van der Waals surface area contributed by atoms with Crippen molar-refractivity contribution in [1.82, 2.24) is 0 Å². The van der Waals surface area contributed by atoms with Gasteiger partial charge in [0.05, 0.1) is 15.4 Å². The van der Waals surface area contributed by atoms with Gasteiger partial charge in [-0.1, -0.05) is 12.6 Å². The largest absolute Gasteiger partial charge is 0.454 e. The number of carbonyl (C=O) groups excluding carboxylic acids is 1. The Morgan fingerprint density at radius 3 is 2.35 bits per heavy atom. The molecular weight excluding hydrogens is 268 g/mol. The second-order valence-electron chi connectivity index (χ2n) is 4.06. The van der Waals surface area contributed by atoms with E-state index in [4.69, 9.17) is 4.74 Å². The molecule has 0 N–H and O–H groups in total. The van der Waals surface area contributed by atoms with Crippen LogP contribution in [0.5, 0.6) is 0 Å². The maximum atomic E-state index is 11.4. The van der Waals surface area contributed by atoms with E-state index < -0.39 is 33.3 Å². The van der Waals surface area contributed by atoms with Crippen molar-refractivity contribution < 1.29 is 19.4 Å². The van der Waals surface area contributed by atoms with Crippen LogP contribution in [0.25, 0.3) is 0 Å². The van der Waals surface area contributed by atoms with E-state index in [0.717, 1.165) is 6.07 Å². The topological polar surface area (TPSA) is 113 Å². The molecule has 1 aromatic rings. The molecule has 0 aliphatic heterocycles. The molecule has 20 heavy (non-hydrogen) atoms. The number of hydrogen-bond donors (Lipinski definition) is 0. The van der Waals surface area contributed by atoms with E-state index in [2.05, 4.69) is 6.58 Å². The highest BCUT2D eigenvalue weighted by Gasteiger charge is 2.31. The van der Waals surface area contributed by atoms with E-state index in [-0.39, 0.29) is 11.1 Å².